The van der Waals surface area contributed by atoms with Gasteiger partial charge >= 0.3 is 0 Å². The highest BCUT2D eigenvalue weighted by Gasteiger charge is 2.27. The lowest BCUT2D eigenvalue weighted by molar-refractivity contribution is -0.118. The van der Waals surface area contributed by atoms with Crippen LogP contribution in [0.4, 0.5) is 5.69 Å². The van der Waals surface area contributed by atoms with Crippen molar-refractivity contribution in [3.8, 4) is 0 Å². The number of likely N-dealkylation sites (tertiary alicyclic amines) is 1. The van der Waals surface area contributed by atoms with Gasteiger partial charge in [-0.3, -0.25) is 9.69 Å². The van der Waals surface area contributed by atoms with E-state index in [0.717, 1.165) is 35.2 Å². The lowest BCUT2D eigenvalue weighted by atomic mass is 9.94. The van der Waals surface area contributed by atoms with Crippen LogP contribution < -0.4 is 5.32 Å². The summed E-state index contributed by atoms with van der Waals surface area (Å²) < 4.78 is 1.10. The number of nitrogens with one attached hydrogen (secondary N) is 1. The van der Waals surface area contributed by atoms with Crippen molar-refractivity contribution in [2.24, 2.45) is 0 Å². The van der Waals surface area contributed by atoms with Crippen LogP contribution in [0.5, 0.6) is 0 Å². The first kappa shape index (κ1) is 14.7. The quantitative estimate of drug-likeness (QED) is 0.797. The number of aliphatic hydroxyl groups is 1. The van der Waals surface area contributed by atoms with Gasteiger partial charge in [0.1, 0.15) is 0 Å². The predicted molar refractivity (Wildman–Crippen MR) is 84.1 cm³/mol. The topological polar surface area (TPSA) is 52.6 Å². The fraction of sp³-hybridized carbons (Fsp3) is 0.500. The largest absolute Gasteiger partial charge is 0.390 e. The monoisotopic (exact) mass is 374 g/mol. The van der Waals surface area contributed by atoms with Crippen molar-refractivity contribution < 1.29 is 9.90 Å². The molecule has 1 heterocycles. The second kappa shape index (κ2) is 6.19. The van der Waals surface area contributed by atoms with Gasteiger partial charge in [0.05, 0.1) is 12.1 Å². The Balaban J connectivity index is 1.82. The molecule has 0 atom stereocenters. The van der Waals surface area contributed by atoms with Crippen LogP contribution in [0.15, 0.2) is 24.3 Å². The highest BCUT2D eigenvalue weighted by molar-refractivity contribution is 14.1. The smallest absolute Gasteiger partial charge is 0.238 e. The minimum atomic E-state index is -0.567. The van der Waals surface area contributed by atoms with Crippen molar-refractivity contribution in [2.75, 3.05) is 25.0 Å². The number of carbonyl (C=O) groups is 1. The summed E-state index contributed by atoms with van der Waals surface area (Å²) in [6, 6.07) is 7.75. The van der Waals surface area contributed by atoms with Crippen LogP contribution in [-0.4, -0.2) is 41.1 Å². The average Bonchev–Trinajstić information content (AvgIpc) is 2.32. The maximum Gasteiger partial charge on any atom is 0.238 e. The maximum absolute atomic E-state index is 11.9. The average molecular weight is 374 g/mol. The number of hydrogen-bond acceptors (Lipinski definition) is 3. The Bertz CT molecular complexity index is 453. The van der Waals surface area contributed by atoms with E-state index in [-0.39, 0.29) is 5.91 Å². The number of amides is 1. The van der Waals surface area contributed by atoms with Crippen molar-refractivity contribution in [1.82, 2.24) is 4.90 Å². The summed E-state index contributed by atoms with van der Waals surface area (Å²) in [5, 5.41) is 12.8. The van der Waals surface area contributed by atoms with E-state index in [9.17, 15) is 9.90 Å². The van der Waals surface area contributed by atoms with E-state index in [4.69, 9.17) is 0 Å². The fourth-order valence-electron chi connectivity index (χ4n) is 2.16. The Hall–Kier alpha value is -0.660. The molecule has 19 heavy (non-hydrogen) atoms. The van der Waals surface area contributed by atoms with E-state index >= 15 is 0 Å². The zero-order chi connectivity index (χ0) is 13.9. The molecule has 2 rings (SSSR count). The molecular formula is C14H19IN2O2. The Morgan fingerprint density at radius 2 is 2.16 bits per heavy atom. The van der Waals surface area contributed by atoms with Crippen LogP contribution in [0.3, 0.4) is 0 Å². The van der Waals surface area contributed by atoms with Gasteiger partial charge in [-0.25, -0.2) is 0 Å². The summed E-state index contributed by atoms with van der Waals surface area (Å²) in [4.78, 5) is 14.0. The SMILES string of the molecule is CC1(O)CCN(CC(=O)Nc2cccc(I)c2)CC1. The molecule has 4 nitrogen and oxygen atoms in total. The van der Waals surface area contributed by atoms with Gasteiger partial charge < -0.3 is 10.4 Å². The second-order valence-electron chi connectivity index (χ2n) is 5.33. The van der Waals surface area contributed by atoms with Gasteiger partial charge in [-0.15, -0.1) is 0 Å². The van der Waals surface area contributed by atoms with Crippen LogP contribution in [0.25, 0.3) is 0 Å². The highest BCUT2D eigenvalue weighted by atomic mass is 127. The number of anilines is 1. The molecule has 1 fully saturated rings. The third-order valence-corrected chi connectivity index (χ3v) is 4.08. The molecule has 1 aromatic rings. The molecule has 104 valence electrons. The Kier molecular flexibility index (Phi) is 4.81. The molecular weight excluding hydrogens is 355 g/mol. The summed E-state index contributed by atoms with van der Waals surface area (Å²) in [6.07, 6.45) is 1.45. The number of nitrogens with zero attached hydrogens (tertiary/aromatic N) is 1. The van der Waals surface area contributed by atoms with Crippen molar-refractivity contribution in [3.63, 3.8) is 0 Å². The molecule has 1 saturated heterocycles. The van der Waals surface area contributed by atoms with E-state index in [2.05, 4.69) is 32.8 Å². The number of piperidine rings is 1. The number of rotatable bonds is 3. The van der Waals surface area contributed by atoms with Crippen molar-refractivity contribution in [1.29, 1.82) is 0 Å². The van der Waals surface area contributed by atoms with Gasteiger partial charge in [0, 0.05) is 22.3 Å². The van der Waals surface area contributed by atoms with Crippen LogP contribution in [-0.2, 0) is 4.79 Å². The van der Waals surface area contributed by atoms with Crippen molar-refractivity contribution in [3.05, 3.63) is 27.8 Å². The number of benzene rings is 1. The molecule has 1 aromatic carbocycles. The van der Waals surface area contributed by atoms with E-state index < -0.39 is 5.60 Å². The summed E-state index contributed by atoms with van der Waals surface area (Å²) >= 11 is 2.22. The van der Waals surface area contributed by atoms with Crippen LogP contribution >= 0.6 is 22.6 Å². The van der Waals surface area contributed by atoms with E-state index in [0.29, 0.717) is 6.54 Å². The second-order valence-corrected chi connectivity index (χ2v) is 6.58. The van der Waals surface area contributed by atoms with Gasteiger partial charge in [-0.1, -0.05) is 6.07 Å². The Labute approximate surface area is 127 Å². The van der Waals surface area contributed by atoms with Crippen LogP contribution in [0, 0.1) is 3.57 Å². The number of carbonyl (C=O) groups excluding carboxylic acids is 1. The van der Waals surface area contributed by atoms with E-state index in [1.165, 1.54) is 0 Å². The maximum atomic E-state index is 11.9. The number of halogens is 1. The first-order valence-corrected chi connectivity index (χ1v) is 7.53. The molecule has 0 aromatic heterocycles. The molecule has 0 bridgehead atoms. The fourth-order valence-corrected chi connectivity index (χ4v) is 2.71. The minimum Gasteiger partial charge on any atom is -0.390 e. The molecule has 0 saturated carbocycles. The molecule has 1 aliphatic heterocycles. The lowest BCUT2D eigenvalue weighted by Gasteiger charge is -2.35. The van der Waals surface area contributed by atoms with E-state index in [1.807, 2.05) is 31.2 Å². The van der Waals surface area contributed by atoms with E-state index in [1.54, 1.807) is 0 Å². The molecule has 0 unspecified atom stereocenters. The third kappa shape index (κ3) is 4.74. The van der Waals surface area contributed by atoms with Crippen molar-refractivity contribution in [2.45, 2.75) is 25.4 Å². The summed E-state index contributed by atoms with van der Waals surface area (Å²) in [7, 11) is 0. The standard InChI is InChI=1S/C14H19IN2O2/c1-14(19)5-7-17(8-6-14)10-13(18)16-12-4-2-3-11(15)9-12/h2-4,9,19H,5-8,10H2,1H3,(H,16,18). The van der Waals surface area contributed by atoms with Gasteiger partial charge in [-0.05, 0) is 60.6 Å². The Morgan fingerprint density at radius 3 is 2.79 bits per heavy atom. The van der Waals surface area contributed by atoms with Gasteiger partial charge in [0.2, 0.25) is 5.91 Å². The molecule has 1 amide bonds. The zero-order valence-corrected chi connectivity index (χ0v) is 13.2. The molecule has 0 spiro atoms. The van der Waals surface area contributed by atoms with Gasteiger partial charge in [0.25, 0.3) is 0 Å². The molecule has 5 heteroatoms. The Morgan fingerprint density at radius 1 is 1.47 bits per heavy atom. The summed E-state index contributed by atoms with van der Waals surface area (Å²) in [5.74, 6) is 0.00328. The normalized spacial score (nSPS) is 19.1. The first-order chi connectivity index (χ1) is 8.94. The zero-order valence-electron chi connectivity index (χ0n) is 11.0. The van der Waals surface area contributed by atoms with Gasteiger partial charge in [0.15, 0.2) is 0 Å². The van der Waals surface area contributed by atoms with Gasteiger partial charge in [-0.2, -0.15) is 0 Å². The first-order valence-electron chi connectivity index (χ1n) is 6.45. The highest BCUT2D eigenvalue weighted by Crippen LogP contribution is 2.21. The molecule has 1 aliphatic rings. The van der Waals surface area contributed by atoms with Crippen LogP contribution in [0.2, 0.25) is 0 Å². The summed E-state index contributed by atoms with van der Waals surface area (Å²) in [5.41, 5.74) is 0.267. The van der Waals surface area contributed by atoms with Crippen LogP contribution in [0.1, 0.15) is 19.8 Å². The molecule has 2 N–H and O–H groups in total. The lowest BCUT2D eigenvalue weighted by Crippen LogP contribution is -2.45. The number of hydrogen-bond donors (Lipinski definition) is 2. The molecule has 0 aliphatic carbocycles. The molecule has 0 radical (unpaired) electrons. The summed E-state index contributed by atoms with van der Waals surface area (Å²) in [6.45, 7) is 3.79. The third-order valence-electron chi connectivity index (χ3n) is 3.41. The van der Waals surface area contributed by atoms with Crippen molar-refractivity contribution >= 4 is 34.2 Å². The minimum absolute atomic E-state index is 0.00328. The predicted octanol–water partition coefficient (Wildman–Crippen LogP) is 2.08.